The van der Waals surface area contributed by atoms with Gasteiger partial charge < -0.3 is 20.5 Å². The molecule has 18 heavy (non-hydrogen) atoms. The number of allylic oxidation sites excluding steroid dienone is 1. The molecule has 0 saturated heterocycles. The predicted octanol–water partition coefficient (Wildman–Crippen LogP) is 0.577. The molecular formula is C12H18N2O4. The van der Waals surface area contributed by atoms with E-state index in [1.807, 2.05) is 0 Å². The van der Waals surface area contributed by atoms with Crippen molar-refractivity contribution in [1.29, 1.82) is 0 Å². The van der Waals surface area contributed by atoms with E-state index in [1.165, 1.54) is 18.4 Å². The molecule has 6 heteroatoms. The first kappa shape index (κ1) is 14.2. The van der Waals surface area contributed by atoms with Crippen molar-refractivity contribution < 1.29 is 19.4 Å². The molecule has 1 aliphatic heterocycles. The summed E-state index contributed by atoms with van der Waals surface area (Å²) in [5.74, 6) is -1.41. The van der Waals surface area contributed by atoms with Gasteiger partial charge in [0, 0.05) is 18.7 Å². The van der Waals surface area contributed by atoms with Gasteiger partial charge >= 0.3 is 5.97 Å². The largest absolute Gasteiger partial charge is 0.477 e. The third-order valence-corrected chi connectivity index (χ3v) is 2.42. The van der Waals surface area contributed by atoms with Crippen LogP contribution in [0.5, 0.6) is 0 Å². The fourth-order valence-corrected chi connectivity index (χ4v) is 1.36. The molecule has 3 N–H and O–H groups in total. The summed E-state index contributed by atoms with van der Waals surface area (Å²) in [5.41, 5.74) is -1.05. The molecule has 0 aromatic heterocycles. The van der Waals surface area contributed by atoms with Gasteiger partial charge in [0.25, 0.3) is 5.72 Å². The number of carbonyl (C=O) groups excluding carboxylic acids is 1. The Hall–Kier alpha value is -1.82. The van der Waals surface area contributed by atoms with Crippen LogP contribution >= 0.6 is 0 Å². The normalized spacial score (nSPS) is 22.3. The molecule has 0 bridgehead atoms. The van der Waals surface area contributed by atoms with Gasteiger partial charge in [0.2, 0.25) is 5.91 Å². The number of rotatable bonds is 5. The maximum atomic E-state index is 11.5. The molecule has 1 unspecified atom stereocenters. The summed E-state index contributed by atoms with van der Waals surface area (Å²) < 4.78 is 5.18. The number of carboxylic acid groups (broad SMARTS) is 1. The Kier molecular flexibility index (Phi) is 4.49. The Balaban J connectivity index is 2.73. The van der Waals surface area contributed by atoms with Gasteiger partial charge in [0.05, 0.1) is 5.70 Å². The topological polar surface area (TPSA) is 87.7 Å². The zero-order valence-electron chi connectivity index (χ0n) is 10.7. The maximum Gasteiger partial charge on any atom is 0.361 e. The van der Waals surface area contributed by atoms with Gasteiger partial charge in [-0.05, 0) is 19.1 Å². The molecule has 1 aliphatic rings. The summed E-state index contributed by atoms with van der Waals surface area (Å²) in [6.45, 7) is 5.51. The monoisotopic (exact) mass is 254 g/mol. The molecular weight excluding hydrogens is 236 g/mol. The van der Waals surface area contributed by atoms with Gasteiger partial charge in [0.15, 0.2) is 0 Å². The van der Waals surface area contributed by atoms with Crippen molar-refractivity contribution in [3.05, 3.63) is 24.0 Å². The third kappa shape index (κ3) is 3.10. The van der Waals surface area contributed by atoms with E-state index in [0.717, 1.165) is 0 Å². The molecule has 0 saturated carbocycles. The molecule has 1 atom stereocenters. The fraction of sp³-hybridized carbons (Fsp3) is 0.500. The van der Waals surface area contributed by atoms with Crippen molar-refractivity contribution in [2.45, 2.75) is 26.5 Å². The van der Waals surface area contributed by atoms with E-state index < -0.39 is 11.7 Å². The summed E-state index contributed by atoms with van der Waals surface area (Å²) in [4.78, 5) is 22.6. The van der Waals surface area contributed by atoms with Gasteiger partial charge in [-0.3, -0.25) is 4.79 Å². The van der Waals surface area contributed by atoms with Gasteiger partial charge in [0.1, 0.15) is 0 Å². The average molecular weight is 254 g/mol. The highest BCUT2D eigenvalue weighted by Crippen LogP contribution is 2.16. The Bertz CT molecular complexity index is 401. The van der Waals surface area contributed by atoms with E-state index >= 15 is 0 Å². The number of dihydropyridines is 1. The number of amides is 1. The minimum atomic E-state index is -1.55. The minimum absolute atomic E-state index is 0.132. The molecule has 1 rings (SSSR count). The lowest BCUT2D eigenvalue weighted by molar-refractivity contribution is -0.161. The lowest BCUT2D eigenvalue weighted by Gasteiger charge is -2.29. The van der Waals surface area contributed by atoms with Gasteiger partial charge in [-0.2, -0.15) is 0 Å². The molecule has 0 aromatic carbocycles. The van der Waals surface area contributed by atoms with Crippen LogP contribution in [0.15, 0.2) is 24.0 Å². The molecule has 0 spiro atoms. The van der Waals surface area contributed by atoms with Crippen molar-refractivity contribution in [3.63, 3.8) is 0 Å². The highest BCUT2D eigenvalue weighted by Gasteiger charge is 2.37. The minimum Gasteiger partial charge on any atom is -0.477 e. The Morgan fingerprint density at radius 3 is 2.61 bits per heavy atom. The highest BCUT2D eigenvalue weighted by molar-refractivity contribution is 5.82. The van der Waals surface area contributed by atoms with Gasteiger partial charge in [-0.25, -0.2) is 4.79 Å². The number of carboxylic acids is 1. The van der Waals surface area contributed by atoms with E-state index in [4.69, 9.17) is 9.84 Å². The van der Waals surface area contributed by atoms with E-state index in [1.54, 1.807) is 20.8 Å². The van der Waals surface area contributed by atoms with Crippen LogP contribution in [0.1, 0.15) is 20.8 Å². The number of carbonyl (C=O) groups is 2. The summed E-state index contributed by atoms with van der Waals surface area (Å²) in [7, 11) is 0. The van der Waals surface area contributed by atoms with E-state index in [-0.39, 0.29) is 18.4 Å². The standard InChI is InChI=1S/C12H18N2O4/c1-4-18-12(11(16)17)6-5-9(7-13-12)14-10(15)8(2)3/h5-8,13H,4H2,1-3H3,(H,14,15)(H,16,17). The second-order valence-electron chi connectivity index (χ2n) is 4.20. The average Bonchev–Trinajstić information content (AvgIpc) is 2.31. The van der Waals surface area contributed by atoms with E-state index in [2.05, 4.69) is 10.6 Å². The molecule has 100 valence electrons. The molecule has 1 amide bonds. The second kappa shape index (κ2) is 5.68. The van der Waals surface area contributed by atoms with Crippen LogP contribution in [0.25, 0.3) is 0 Å². The first-order valence-electron chi connectivity index (χ1n) is 5.76. The summed E-state index contributed by atoms with van der Waals surface area (Å²) >= 11 is 0. The Morgan fingerprint density at radius 2 is 2.22 bits per heavy atom. The second-order valence-corrected chi connectivity index (χ2v) is 4.20. The Morgan fingerprint density at radius 1 is 1.56 bits per heavy atom. The van der Waals surface area contributed by atoms with Crippen LogP contribution in [0.3, 0.4) is 0 Å². The summed E-state index contributed by atoms with van der Waals surface area (Å²) in [5, 5.41) is 14.4. The van der Waals surface area contributed by atoms with E-state index in [9.17, 15) is 9.59 Å². The van der Waals surface area contributed by atoms with Crippen LogP contribution in [-0.4, -0.2) is 29.3 Å². The third-order valence-electron chi connectivity index (χ3n) is 2.42. The quantitative estimate of drug-likeness (QED) is 0.668. The molecule has 0 radical (unpaired) electrons. The first-order valence-corrected chi connectivity index (χ1v) is 5.76. The van der Waals surface area contributed by atoms with Gasteiger partial charge in [-0.15, -0.1) is 0 Å². The maximum absolute atomic E-state index is 11.5. The summed E-state index contributed by atoms with van der Waals surface area (Å²) in [6, 6.07) is 0. The highest BCUT2D eigenvalue weighted by atomic mass is 16.5. The number of ether oxygens (including phenoxy) is 1. The molecule has 6 nitrogen and oxygen atoms in total. The van der Waals surface area contributed by atoms with Crippen molar-refractivity contribution in [2.24, 2.45) is 5.92 Å². The zero-order valence-corrected chi connectivity index (χ0v) is 10.7. The van der Waals surface area contributed by atoms with Crippen molar-refractivity contribution in [3.8, 4) is 0 Å². The van der Waals surface area contributed by atoms with Crippen molar-refractivity contribution >= 4 is 11.9 Å². The SMILES string of the molecule is CCOC1(C(=O)O)C=CC(NC(=O)C(C)C)=CN1. The number of aliphatic carboxylic acids is 1. The summed E-state index contributed by atoms with van der Waals surface area (Å²) in [6.07, 6.45) is 4.30. The Labute approximate surface area is 106 Å². The predicted molar refractivity (Wildman–Crippen MR) is 65.3 cm³/mol. The van der Waals surface area contributed by atoms with Crippen LogP contribution in [0.2, 0.25) is 0 Å². The molecule has 0 aliphatic carbocycles. The van der Waals surface area contributed by atoms with E-state index in [0.29, 0.717) is 5.70 Å². The first-order chi connectivity index (χ1) is 8.41. The van der Waals surface area contributed by atoms with Crippen LogP contribution in [-0.2, 0) is 14.3 Å². The lowest BCUT2D eigenvalue weighted by atomic mass is 10.1. The number of hydrogen-bond donors (Lipinski definition) is 3. The number of nitrogens with one attached hydrogen (secondary N) is 2. The van der Waals surface area contributed by atoms with Crippen LogP contribution in [0, 0.1) is 5.92 Å². The van der Waals surface area contributed by atoms with Crippen molar-refractivity contribution in [1.82, 2.24) is 10.6 Å². The molecule has 0 fully saturated rings. The lowest BCUT2D eigenvalue weighted by Crippen LogP contribution is -2.52. The fourth-order valence-electron chi connectivity index (χ4n) is 1.36. The molecule has 1 heterocycles. The smallest absolute Gasteiger partial charge is 0.361 e. The molecule has 0 aromatic rings. The van der Waals surface area contributed by atoms with Crippen LogP contribution < -0.4 is 10.6 Å². The number of hydrogen-bond acceptors (Lipinski definition) is 4. The van der Waals surface area contributed by atoms with Crippen LogP contribution in [0.4, 0.5) is 0 Å². The zero-order chi connectivity index (χ0) is 13.8. The van der Waals surface area contributed by atoms with Crippen molar-refractivity contribution in [2.75, 3.05) is 6.61 Å². The van der Waals surface area contributed by atoms with Gasteiger partial charge in [-0.1, -0.05) is 13.8 Å².